The predicted octanol–water partition coefficient (Wildman–Crippen LogP) is 3.62. The molecular formula is C12H11BrClFN2O3S. The SMILES string of the molecule is CC1SCC(C(=O)O)N1C(=O)Nc1c(Cl)cc(F)cc1Br. The van der Waals surface area contributed by atoms with Crippen molar-refractivity contribution in [3.63, 3.8) is 0 Å². The second-order valence-corrected chi connectivity index (χ2v) is 6.98. The number of nitrogens with zero attached hydrogens (tertiary/aromatic N) is 1. The fraction of sp³-hybridized carbons (Fsp3) is 0.333. The molecule has 0 saturated carbocycles. The summed E-state index contributed by atoms with van der Waals surface area (Å²) in [4.78, 5) is 24.7. The van der Waals surface area contributed by atoms with E-state index >= 15 is 0 Å². The van der Waals surface area contributed by atoms with Crippen LogP contribution in [0.1, 0.15) is 6.92 Å². The molecule has 21 heavy (non-hydrogen) atoms. The number of carboxylic acids is 1. The van der Waals surface area contributed by atoms with Crippen LogP contribution in [0.2, 0.25) is 5.02 Å². The fourth-order valence-corrected chi connectivity index (χ4v) is 4.04. The molecule has 114 valence electrons. The third kappa shape index (κ3) is 3.44. The molecule has 0 aromatic heterocycles. The van der Waals surface area contributed by atoms with E-state index in [4.69, 9.17) is 16.7 Å². The van der Waals surface area contributed by atoms with Crippen molar-refractivity contribution in [3.05, 3.63) is 27.4 Å². The highest BCUT2D eigenvalue weighted by atomic mass is 79.9. The van der Waals surface area contributed by atoms with E-state index in [2.05, 4.69) is 21.2 Å². The van der Waals surface area contributed by atoms with Gasteiger partial charge in [-0.2, -0.15) is 0 Å². The minimum absolute atomic E-state index is 0.0293. The average molecular weight is 398 g/mol. The maximum Gasteiger partial charge on any atom is 0.327 e. The van der Waals surface area contributed by atoms with E-state index in [-0.39, 0.29) is 20.6 Å². The molecule has 2 N–H and O–H groups in total. The zero-order valence-corrected chi connectivity index (χ0v) is 13.9. The molecule has 1 fully saturated rings. The number of thioether (sulfide) groups is 1. The van der Waals surface area contributed by atoms with Crippen molar-refractivity contribution in [2.75, 3.05) is 11.1 Å². The Balaban J connectivity index is 2.23. The van der Waals surface area contributed by atoms with Gasteiger partial charge in [0.1, 0.15) is 11.9 Å². The molecule has 2 rings (SSSR count). The monoisotopic (exact) mass is 396 g/mol. The number of benzene rings is 1. The number of halogens is 3. The van der Waals surface area contributed by atoms with Crippen LogP contribution in [0.25, 0.3) is 0 Å². The molecule has 2 unspecified atom stereocenters. The van der Waals surface area contributed by atoms with Gasteiger partial charge in [-0.15, -0.1) is 11.8 Å². The summed E-state index contributed by atoms with van der Waals surface area (Å²) in [6.45, 7) is 1.74. The molecule has 2 amide bonds. The average Bonchev–Trinajstić information content (AvgIpc) is 2.75. The number of aliphatic carboxylic acids is 1. The van der Waals surface area contributed by atoms with Crippen LogP contribution in [0.5, 0.6) is 0 Å². The van der Waals surface area contributed by atoms with E-state index in [0.717, 1.165) is 6.07 Å². The van der Waals surface area contributed by atoms with Gasteiger partial charge in [-0.3, -0.25) is 4.90 Å². The molecule has 9 heteroatoms. The topological polar surface area (TPSA) is 69.6 Å². The first-order chi connectivity index (χ1) is 9.81. The Morgan fingerprint density at radius 2 is 2.24 bits per heavy atom. The molecule has 0 radical (unpaired) electrons. The van der Waals surface area contributed by atoms with Crippen LogP contribution in [0.3, 0.4) is 0 Å². The van der Waals surface area contributed by atoms with Gasteiger partial charge < -0.3 is 10.4 Å². The van der Waals surface area contributed by atoms with Gasteiger partial charge in [0.15, 0.2) is 0 Å². The van der Waals surface area contributed by atoms with E-state index in [1.54, 1.807) is 6.92 Å². The van der Waals surface area contributed by atoms with E-state index in [1.807, 2.05) is 0 Å². The van der Waals surface area contributed by atoms with E-state index < -0.39 is 23.9 Å². The van der Waals surface area contributed by atoms with Crippen molar-refractivity contribution >= 4 is 57.0 Å². The quantitative estimate of drug-likeness (QED) is 0.800. The standard InChI is InChI=1S/C12H11BrClFN2O3S/c1-5-17(9(4-21-5)11(18)19)12(20)16-10-7(13)2-6(15)3-8(10)14/h2-3,5,9H,4H2,1H3,(H,16,20)(H,18,19). The second kappa shape index (κ2) is 6.41. The summed E-state index contributed by atoms with van der Waals surface area (Å²) >= 11 is 10.4. The Morgan fingerprint density at radius 1 is 1.57 bits per heavy atom. The Morgan fingerprint density at radius 3 is 2.81 bits per heavy atom. The number of amides is 2. The number of hydrogen-bond acceptors (Lipinski definition) is 3. The molecule has 2 atom stereocenters. The highest BCUT2D eigenvalue weighted by molar-refractivity contribution is 9.10. The van der Waals surface area contributed by atoms with Crippen LogP contribution in [0.4, 0.5) is 14.9 Å². The van der Waals surface area contributed by atoms with Gasteiger partial charge in [0, 0.05) is 10.2 Å². The van der Waals surface area contributed by atoms with Crippen LogP contribution < -0.4 is 5.32 Å². The third-order valence-corrected chi connectivity index (χ3v) is 5.12. The minimum Gasteiger partial charge on any atom is -0.480 e. The highest BCUT2D eigenvalue weighted by Crippen LogP contribution is 2.34. The Bertz CT molecular complexity index is 581. The zero-order valence-electron chi connectivity index (χ0n) is 10.8. The molecule has 1 aromatic carbocycles. The Hall–Kier alpha value is -0.990. The Kier molecular flexibility index (Phi) is 5.00. The molecule has 0 aliphatic carbocycles. The summed E-state index contributed by atoms with van der Waals surface area (Å²) in [6.07, 6.45) is 0. The first-order valence-corrected chi connectivity index (χ1v) is 8.11. The number of carboxylic acid groups (broad SMARTS) is 1. The predicted molar refractivity (Wildman–Crippen MR) is 83.3 cm³/mol. The van der Waals surface area contributed by atoms with Crippen molar-refractivity contribution in [2.45, 2.75) is 18.3 Å². The van der Waals surface area contributed by atoms with Crippen LogP contribution >= 0.6 is 39.3 Å². The number of carbonyl (C=O) groups is 2. The highest BCUT2D eigenvalue weighted by Gasteiger charge is 2.39. The van der Waals surface area contributed by atoms with Gasteiger partial charge in [-0.25, -0.2) is 14.0 Å². The number of anilines is 1. The van der Waals surface area contributed by atoms with Gasteiger partial charge in [0.05, 0.1) is 16.1 Å². The maximum atomic E-state index is 13.2. The van der Waals surface area contributed by atoms with Crippen LogP contribution in [0, 0.1) is 5.82 Å². The van der Waals surface area contributed by atoms with Crippen molar-refractivity contribution in [2.24, 2.45) is 0 Å². The summed E-state index contributed by atoms with van der Waals surface area (Å²) in [5.41, 5.74) is 0.205. The normalized spacial score (nSPS) is 21.4. The number of carbonyl (C=O) groups excluding carboxylic acids is 1. The molecule has 0 spiro atoms. The van der Waals surface area contributed by atoms with Crippen molar-refractivity contribution in [3.8, 4) is 0 Å². The molecule has 1 aromatic rings. The van der Waals surface area contributed by atoms with Crippen molar-refractivity contribution in [1.82, 2.24) is 4.90 Å². The van der Waals surface area contributed by atoms with Gasteiger partial charge in [0.25, 0.3) is 0 Å². The van der Waals surface area contributed by atoms with Crippen LogP contribution in [-0.4, -0.2) is 39.2 Å². The molecule has 1 aliphatic heterocycles. The van der Waals surface area contributed by atoms with E-state index in [9.17, 15) is 14.0 Å². The minimum atomic E-state index is -1.06. The maximum absolute atomic E-state index is 13.2. The second-order valence-electron chi connectivity index (χ2n) is 4.37. The largest absolute Gasteiger partial charge is 0.480 e. The lowest BCUT2D eigenvalue weighted by molar-refractivity contribution is -0.141. The third-order valence-electron chi connectivity index (χ3n) is 2.98. The summed E-state index contributed by atoms with van der Waals surface area (Å²) in [6, 6.07) is 0.744. The first-order valence-electron chi connectivity index (χ1n) is 5.89. The fourth-order valence-electron chi connectivity index (χ4n) is 1.97. The number of rotatable bonds is 2. The van der Waals surface area contributed by atoms with E-state index in [0.29, 0.717) is 5.75 Å². The van der Waals surface area contributed by atoms with Crippen molar-refractivity contribution < 1.29 is 19.1 Å². The smallest absolute Gasteiger partial charge is 0.327 e. The van der Waals surface area contributed by atoms with Gasteiger partial charge >= 0.3 is 12.0 Å². The molecule has 5 nitrogen and oxygen atoms in total. The lowest BCUT2D eigenvalue weighted by Gasteiger charge is -2.25. The van der Waals surface area contributed by atoms with E-state index in [1.165, 1.54) is 22.7 Å². The number of urea groups is 1. The van der Waals surface area contributed by atoms with Crippen molar-refractivity contribution in [1.29, 1.82) is 0 Å². The van der Waals surface area contributed by atoms with Crippen LogP contribution in [-0.2, 0) is 4.79 Å². The summed E-state index contributed by atoms with van der Waals surface area (Å²) in [5.74, 6) is -1.29. The van der Waals surface area contributed by atoms with Gasteiger partial charge in [0.2, 0.25) is 0 Å². The van der Waals surface area contributed by atoms with Crippen LogP contribution in [0.15, 0.2) is 16.6 Å². The first kappa shape index (κ1) is 16.4. The molecule has 1 saturated heterocycles. The summed E-state index contributed by atoms with van der Waals surface area (Å²) < 4.78 is 13.4. The molecule has 1 aliphatic rings. The molecular weight excluding hydrogens is 387 g/mol. The van der Waals surface area contributed by atoms with Gasteiger partial charge in [-0.1, -0.05) is 11.6 Å². The lowest BCUT2D eigenvalue weighted by atomic mass is 10.3. The number of hydrogen-bond donors (Lipinski definition) is 2. The summed E-state index contributed by atoms with van der Waals surface area (Å²) in [7, 11) is 0. The Labute approximate surface area is 138 Å². The molecule has 0 bridgehead atoms. The van der Waals surface area contributed by atoms with Gasteiger partial charge in [-0.05, 0) is 35.0 Å². The molecule has 1 heterocycles. The number of nitrogens with one attached hydrogen (secondary N) is 1. The lowest BCUT2D eigenvalue weighted by Crippen LogP contribution is -2.46. The zero-order chi connectivity index (χ0) is 15.7. The summed E-state index contributed by atoms with van der Waals surface area (Å²) in [5, 5.41) is 11.4.